The first kappa shape index (κ1) is 23.2. The Kier molecular flexibility index (Phi) is 6.78. The lowest BCUT2D eigenvalue weighted by atomic mass is 9.76. The van der Waals surface area contributed by atoms with E-state index in [1.165, 1.54) is 12.0 Å². The van der Waals surface area contributed by atoms with E-state index in [9.17, 15) is 8.78 Å². The Morgan fingerprint density at radius 2 is 1.41 bits per heavy atom. The summed E-state index contributed by atoms with van der Waals surface area (Å²) in [6.07, 6.45) is 3.56. The maximum atomic E-state index is 15.5. The van der Waals surface area contributed by atoms with Crippen molar-refractivity contribution in [3.05, 3.63) is 83.2 Å². The molecule has 2 aliphatic rings. The van der Waals surface area contributed by atoms with Crippen molar-refractivity contribution in [2.75, 3.05) is 6.61 Å². The highest BCUT2D eigenvalue weighted by Gasteiger charge is 2.29. The molecule has 0 spiro atoms. The molecule has 3 aromatic rings. The second kappa shape index (κ2) is 9.95. The van der Waals surface area contributed by atoms with E-state index < -0.39 is 17.8 Å². The van der Waals surface area contributed by atoms with Crippen molar-refractivity contribution < 1.29 is 17.9 Å². The predicted molar refractivity (Wildman–Crippen MR) is 131 cm³/mol. The minimum atomic E-state index is -2.82. The summed E-state index contributed by atoms with van der Waals surface area (Å²) in [6.45, 7) is 2.96. The largest absolute Gasteiger partial charge is 0.368 e. The average Bonchev–Trinajstić information content (AvgIpc) is 3.70. The molecular weight excluding hydrogens is 433 g/mol. The summed E-state index contributed by atoms with van der Waals surface area (Å²) < 4.78 is 48.9. The highest BCUT2D eigenvalue weighted by Crippen LogP contribution is 2.43. The quantitative estimate of drug-likeness (QED) is 0.317. The van der Waals surface area contributed by atoms with Crippen molar-refractivity contribution in [3.63, 3.8) is 0 Å². The minimum absolute atomic E-state index is 0.0204. The molecule has 1 unspecified atom stereocenters. The van der Waals surface area contributed by atoms with Gasteiger partial charge in [-0.15, -0.1) is 0 Å². The molecule has 1 heterocycles. The molecule has 3 aromatic carbocycles. The van der Waals surface area contributed by atoms with Crippen LogP contribution < -0.4 is 0 Å². The van der Waals surface area contributed by atoms with Gasteiger partial charge in [-0.1, -0.05) is 80.4 Å². The van der Waals surface area contributed by atoms with E-state index in [0.29, 0.717) is 17.0 Å². The Balaban J connectivity index is 1.38. The zero-order valence-electron chi connectivity index (χ0n) is 19.6. The van der Waals surface area contributed by atoms with E-state index in [4.69, 9.17) is 4.74 Å². The van der Waals surface area contributed by atoms with Gasteiger partial charge in [0.2, 0.25) is 0 Å². The van der Waals surface area contributed by atoms with Crippen molar-refractivity contribution >= 4 is 0 Å². The van der Waals surface area contributed by atoms with E-state index in [1.54, 1.807) is 12.1 Å². The Hall–Kier alpha value is -2.59. The van der Waals surface area contributed by atoms with Gasteiger partial charge in [0.05, 0.1) is 12.2 Å². The number of hydrogen-bond donors (Lipinski definition) is 0. The molecule has 5 rings (SSSR count). The first-order valence-corrected chi connectivity index (χ1v) is 12.5. The molecular formula is C30H31F3O. The van der Waals surface area contributed by atoms with Crippen molar-refractivity contribution in [1.29, 1.82) is 0 Å². The zero-order valence-corrected chi connectivity index (χ0v) is 19.6. The monoisotopic (exact) mass is 464 g/mol. The predicted octanol–water partition coefficient (Wildman–Crippen LogP) is 9.24. The van der Waals surface area contributed by atoms with Crippen LogP contribution >= 0.6 is 0 Å². The lowest BCUT2D eigenvalue weighted by Crippen LogP contribution is -2.15. The summed E-state index contributed by atoms with van der Waals surface area (Å²) in [6, 6.07) is 19.1. The van der Waals surface area contributed by atoms with Crippen molar-refractivity contribution in [2.24, 2.45) is 5.92 Å². The molecule has 0 radical (unpaired) electrons. The number of halogens is 3. The van der Waals surface area contributed by atoms with Crippen LogP contribution in [0.2, 0.25) is 0 Å². The molecule has 0 N–H and O–H groups in total. The second-order valence-electron chi connectivity index (χ2n) is 9.76. The van der Waals surface area contributed by atoms with E-state index in [0.717, 1.165) is 49.8 Å². The number of epoxide rings is 1. The fourth-order valence-electron chi connectivity index (χ4n) is 5.55. The number of benzene rings is 3. The van der Waals surface area contributed by atoms with Crippen LogP contribution in [0, 0.1) is 11.7 Å². The van der Waals surface area contributed by atoms with E-state index in [2.05, 4.69) is 19.1 Å². The van der Waals surface area contributed by atoms with Crippen LogP contribution in [-0.2, 0) is 4.74 Å². The average molecular weight is 465 g/mol. The van der Waals surface area contributed by atoms with Gasteiger partial charge in [-0.3, -0.25) is 0 Å². The second-order valence-corrected chi connectivity index (χ2v) is 9.76. The Morgan fingerprint density at radius 1 is 0.824 bits per heavy atom. The van der Waals surface area contributed by atoms with Gasteiger partial charge in [-0.05, 0) is 65.3 Å². The van der Waals surface area contributed by atoms with Crippen LogP contribution in [0.1, 0.15) is 80.6 Å². The van der Waals surface area contributed by atoms with Gasteiger partial charge < -0.3 is 4.74 Å². The van der Waals surface area contributed by atoms with Crippen LogP contribution in [0.5, 0.6) is 0 Å². The molecule has 4 heteroatoms. The first-order valence-electron chi connectivity index (χ1n) is 12.5. The van der Waals surface area contributed by atoms with Gasteiger partial charge in [-0.2, -0.15) is 0 Å². The van der Waals surface area contributed by atoms with Gasteiger partial charge in [0.1, 0.15) is 11.9 Å². The molecule has 1 saturated carbocycles. The summed E-state index contributed by atoms with van der Waals surface area (Å²) in [5, 5.41) is 0. The Labute approximate surface area is 200 Å². The summed E-state index contributed by atoms with van der Waals surface area (Å²) in [4.78, 5) is 0. The van der Waals surface area contributed by atoms with Gasteiger partial charge in [0.25, 0.3) is 6.43 Å². The standard InChI is InChI=1S/C30H31F3O/c1-2-3-19-4-6-22(7-5-19)25-16-17-26(29(31)28(25)30(32)33)23-12-8-20(9-13-23)21-10-14-24(15-11-21)27-18-34-27/h8-17,19,22,27,30H,2-7,18H2,1H3. The molecule has 0 aromatic heterocycles. The first-order chi connectivity index (χ1) is 16.5. The Bertz CT molecular complexity index is 1110. The maximum Gasteiger partial charge on any atom is 0.266 e. The molecule has 2 fully saturated rings. The van der Waals surface area contributed by atoms with Crippen LogP contribution in [0.3, 0.4) is 0 Å². The third kappa shape index (κ3) is 4.79. The summed E-state index contributed by atoms with van der Waals surface area (Å²) in [7, 11) is 0. The molecule has 0 bridgehead atoms. The third-order valence-corrected chi connectivity index (χ3v) is 7.56. The smallest absolute Gasteiger partial charge is 0.266 e. The number of alkyl halides is 2. The van der Waals surface area contributed by atoms with Gasteiger partial charge in [0.15, 0.2) is 0 Å². The molecule has 1 saturated heterocycles. The fourth-order valence-corrected chi connectivity index (χ4v) is 5.55. The highest BCUT2D eigenvalue weighted by atomic mass is 19.3. The molecule has 1 aliphatic heterocycles. The summed E-state index contributed by atoms with van der Waals surface area (Å²) in [5.41, 5.74) is 4.18. The van der Waals surface area contributed by atoms with Crippen LogP contribution in [-0.4, -0.2) is 6.61 Å². The van der Waals surface area contributed by atoms with Crippen molar-refractivity contribution in [1.82, 2.24) is 0 Å². The van der Waals surface area contributed by atoms with Crippen LogP contribution in [0.4, 0.5) is 13.2 Å². The van der Waals surface area contributed by atoms with Gasteiger partial charge >= 0.3 is 0 Å². The molecule has 34 heavy (non-hydrogen) atoms. The molecule has 0 amide bonds. The lowest BCUT2D eigenvalue weighted by Gasteiger charge is -2.30. The number of rotatable bonds is 7. The highest BCUT2D eigenvalue weighted by molar-refractivity contribution is 5.72. The van der Waals surface area contributed by atoms with Gasteiger partial charge in [-0.25, -0.2) is 13.2 Å². The molecule has 1 atom stereocenters. The topological polar surface area (TPSA) is 12.5 Å². The van der Waals surface area contributed by atoms with Gasteiger partial charge in [0, 0.05) is 5.56 Å². The maximum absolute atomic E-state index is 15.5. The normalized spacial score (nSPS) is 22.2. The third-order valence-electron chi connectivity index (χ3n) is 7.56. The van der Waals surface area contributed by atoms with Crippen LogP contribution in [0.15, 0.2) is 60.7 Å². The Morgan fingerprint density at radius 3 is 1.97 bits per heavy atom. The van der Waals surface area contributed by atoms with Crippen LogP contribution in [0.25, 0.3) is 22.3 Å². The van der Waals surface area contributed by atoms with Crippen molar-refractivity contribution in [2.45, 2.75) is 63.9 Å². The van der Waals surface area contributed by atoms with E-state index in [-0.39, 0.29) is 17.6 Å². The fraction of sp³-hybridized carbons (Fsp3) is 0.400. The SMILES string of the molecule is CCCC1CCC(c2ccc(-c3ccc(-c4ccc(C5CO5)cc4)cc3)c(F)c2C(F)F)CC1. The molecule has 1 nitrogen and oxygen atoms in total. The summed E-state index contributed by atoms with van der Waals surface area (Å²) in [5.74, 6) is -0.0751. The van der Waals surface area contributed by atoms with Crippen molar-refractivity contribution in [3.8, 4) is 22.3 Å². The number of ether oxygens (including phenoxy) is 1. The summed E-state index contributed by atoms with van der Waals surface area (Å²) >= 11 is 0. The molecule has 178 valence electrons. The molecule has 1 aliphatic carbocycles. The lowest BCUT2D eigenvalue weighted by molar-refractivity contribution is 0.143. The zero-order chi connectivity index (χ0) is 23.7. The minimum Gasteiger partial charge on any atom is -0.368 e. The number of hydrogen-bond acceptors (Lipinski definition) is 1. The van der Waals surface area contributed by atoms with E-state index >= 15 is 4.39 Å². The van der Waals surface area contributed by atoms with E-state index in [1.807, 2.05) is 36.4 Å².